The number of nitrogens with one attached hydrogen (secondary N) is 1. The van der Waals surface area contributed by atoms with Gasteiger partial charge in [0.1, 0.15) is 11.6 Å². The predicted molar refractivity (Wildman–Crippen MR) is 115 cm³/mol. The van der Waals surface area contributed by atoms with Crippen LogP contribution in [0.5, 0.6) is 5.75 Å². The number of carbonyl (C=O) groups excluding carboxylic acids is 1. The van der Waals surface area contributed by atoms with Crippen LogP contribution in [0.25, 0.3) is 10.4 Å². The Balaban J connectivity index is 1.56. The van der Waals surface area contributed by atoms with Crippen LogP contribution in [0.4, 0.5) is 24.7 Å². The van der Waals surface area contributed by atoms with Crippen molar-refractivity contribution in [2.24, 2.45) is 5.92 Å². The molecule has 3 aromatic rings. The first-order chi connectivity index (χ1) is 15.7. The van der Waals surface area contributed by atoms with E-state index in [1.165, 1.54) is 29.7 Å². The highest BCUT2D eigenvalue weighted by atomic mass is 32.1. The summed E-state index contributed by atoms with van der Waals surface area (Å²) < 4.78 is 40.7. The Labute approximate surface area is 190 Å². The third-order valence-electron chi connectivity index (χ3n) is 5.11. The largest absolute Gasteiger partial charge is 0.573 e. The smallest absolute Gasteiger partial charge is 0.406 e. The zero-order valence-electron chi connectivity index (χ0n) is 17.0. The van der Waals surface area contributed by atoms with Gasteiger partial charge in [-0.2, -0.15) is 0 Å². The first-order valence-corrected chi connectivity index (χ1v) is 10.7. The van der Waals surface area contributed by atoms with Crippen molar-refractivity contribution >= 4 is 28.7 Å². The Hall–Kier alpha value is -3.22. The number of β-amino-alcohol motifs (C(OH)–C–C–N with tert-alkyl or cyclic N) is 1. The molecular formula is C21H19F3N4O4S. The normalized spacial score (nSPS) is 18.4. The van der Waals surface area contributed by atoms with E-state index in [1.807, 2.05) is 4.90 Å². The molecule has 0 spiro atoms. The van der Waals surface area contributed by atoms with Crippen molar-refractivity contribution in [3.63, 3.8) is 0 Å². The first kappa shape index (κ1) is 23.0. The van der Waals surface area contributed by atoms with Crippen LogP contribution in [0.2, 0.25) is 0 Å². The van der Waals surface area contributed by atoms with Crippen LogP contribution >= 0.6 is 11.3 Å². The summed E-state index contributed by atoms with van der Waals surface area (Å²) in [6.07, 6.45) is -2.47. The zero-order valence-corrected chi connectivity index (χ0v) is 17.8. The molecule has 4 rings (SSSR count). The van der Waals surface area contributed by atoms with Gasteiger partial charge in [0.25, 0.3) is 5.91 Å². The molecule has 0 bridgehead atoms. The van der Waals surface area contributed by atoms with Crippen LogP contribution in [0.1, 0.15) is 10.4 Å². The van der Waals surface area contributed by atoms with E-state index in [2.05, 4.69) is 20.0 Å². The molecule has 2 unspecified atom stereocenters. The number of hydrogen-bond donors (Lipinski definition) is 3. The van der Waals surface area contributed by atoms with E-state index in [0.29, 0.717) is 24.5 Å². The lowest BCUT2D eigenvalue weighted by Gasteiger charge is -2.20. The summed E-state index contributed by atoms with van der Waals surface area (Å²) in [6, 6.07) is 6.44. The minimum absolute atomic E-state index is 0.152. The van der Waals surface area contributed by atoms with E-state index >= 15 is 0 Å². The Morgan fingerprint density at radius 1 is 1.24 bits per heavy atom. The third-order valence-corrected chi connectivity index (χ3v) is 5.92. The molecule has 3 heterocycles. The SMILES string of the molecule is O=C(Nc1ccc(OC(F)(F)F)cc1)c1cnc(N2CC(O)C(CO)C2)c(-c2cncs2)c1. The zero-order chi connectivity index (χ0) is 23.6. The van der Waals surface area contributed by atoms with Gasteiger partial charge in [-0.25, -0.2) is 4.98 Å². The van der Waals surface area contributed by atoms with Gasteiger partial charge >= 0.3 is 6.36 Å². The minimum atomic E-state index is -4.80. The molecule has 2 atom stereocenters. The van der Waals surface area contributed by atoms with E-state index in [4.69, 9.17) is 0 Å². The van der Waals surface area contributed by atoms with Gasteiger partial charge in [-0.3, -0.25) is 9.78 Å². The first-order valence-electron chi connectivity index (χ1n) is 9.83. The van der Waals surface area contributed by atoms with Crippen molar-refractivity contribution in [1.82, 2.24) is 9.97 Å². The second kappa shape index (κ2) is 9.33. The molecule has 0 saturated carbocycles. The maximum atomic E-state index is 12.8. The number of hydrogen-bond acceptors (Lipinski definition) is 8. The predicted octanol–water partition coefficient (Wildman–Crippen LogP) is 3.15. The van der Waals surface area contributed by atoms with Crippen molar-refractivity contribution in [3.05, 3.63) is 53.8 Å². The maximum absolute atomic E-state index is 12.8. The summed E-state index contributed by atoms with van der Waals surface area (Å²) >= 11 is 1.36. The molecule has 2 aromatic heterocycles. The average molecular weight is 480 g/mol. The standard InChI is InChI=1S/C21H19F3N4O4S/c22-21(23,24)32-15-3-1-14(2-4-15)27-20(31)12-5-16(18-7-25-11-33-18)19(26-6-12)28-8-13(10-29)17(30)9-28/h1-7,11,13,17,29-30H,8-10H2,(H,27,31). The Kier molecular flexibility index (Phi) is 6.49. The molecule has 0 aliphatic carbocycles. The third kappa shape index (κ3) is 5.41. The number of rotatable bonds is 6. The second-order valence-electron chi connectivity index (χ2n) is 7.40. The minimum Gasteiger partial charge on any atom is -0.406 e. The number of ether oxygens (including phenoxy) is 1. The van der Waals surface area contributed by atoms with Gasteiger partial charge in [0.15, 0.2) is 0 Å². The molecule has 1 fully saturated rings. The molecule has 8 nitrogen and oxygen atoms in total. The molecule has 1 saturated heterocycles. The van der Waals surface area contributed by atoms with E-state index in [-0.39, 0.29) is 23.8 Å². The number of aliphatic hydroxyl groups is 2. The number of nitrogens with zero attached hydrogens (tertiary/aromatic N) is 3. The van der Waals surface area contributed by atoms with Crippen molar-refractivity contribution in [2.75, 3.05) is 29.9 Å². The van der Waals surface area contributed by atoms with Gasteiger partial charge in [-0.15, -0.1) is 24.5 Å². The maximum Gasteiger partial charge on any atom is 0.573 e. The number of halogens is 3. The Morgan fingerprint density at radius 3 is 2.61 bits per heavy atom. The Morgan fingerprint density at radius 2 is 2.00 bits per heavy atom. The molecule has 33 heavy (non-hydrogen) atoms. The van der Waals surface area contributed by atoms with Crippen LogP contribution in [-0.4, -0.2) is 58.3 Å². The van der Waals surface area contributed by atoms with Crippen LogP contribution in [-0.2, 0) is 0 Å². The monoisotopic (exact) mass is 480 g/mol. The summed E-state index contributed by atoms with van der Waals surface area (Å²) in [5.41, 5.74) is 2.80. The van der Waals surface area contributed by atoms with Crippen molar-refractivity contribution in [1.29, 1.82) is 0 Å². The van der Waals surface area contributed by atoms with Gasteiger partial charge in [0.2, 0.25) is 0 Å². The van der Waals surface area contributed by atoms with E-state index in [1.54, 1.807) is 17.8 Å². The van der Waals surface area contributed by atoms with Gasteiger partial charge in [-0.1, -0.05) is 0 Å². The number of benzene rings is 1. The van der Waals surface area contributed by atoms with Crippen LogP contribution in [0, 0.1) is 5.92 Å². The van der Waals surface area contributed by atoms with Gasteiger partial charge < -0.3 is 25.2 Å². The number of aliphatic hydroxyl groups excluding tert-OH is 2. The number of alkyl halides is 3. The summed E-state index contributed by atoms with van der Waals surface area (Å²) in [4.78, 5) is 23.9. The summed E-state index contributed by atoms with van der Waals surface area (Å²) in [5.74, 6) is -0.639. The van der Waals surface area contributed by atoms with Crippen molar-refractivity contribution < 1.29 is 32.9 Å². The molecule has 1 aliphatic rings. The molecule has 12 heteroatoms. The molecule has 0 radical (unpaired) electrons. The van der Waals surface area contributed by atoms with E-state index in [9.17, 15) is 28.2 Å². The molecule has 174 valence electrons. The molecule has 3 N–H and O–H groups in total. The molecule has 1 amide bonds. The van der Waals surface area contributed by atoms with Crippen LogP contribution < -0.4 is 15.0 Å². The number of thiazole rings is 1. The number of aromatic nitrogens is 2. The second-order valence-corrected chi connectivity index (χ2v) is 8.29. The van der Waals surface area contributed by atoms with Gasteiger partial charge in [-0.05, 0) is 30.3 Å². The van der Waals surface area contributed by atoms with E-state index < -0.39 is 24.1 Å². The number of pyridine rings is 1. The summed E-state index contributed by atoms with van der Waals surface area (Å²) in [5, 5.41) is 22.2. The van der Waals surface area contributed by atoms with E-state index in [0.717, 1.165) is 17.0 Å². The van der Waals surface area contributed by atoms with Crippen molar-refractivity contribution in [3.8, 4) is 16.2 Å². The van der Waals surface area contributed by atoms with Crippen LogP contribution in [0.3, 0.4) is 0 Å². The lowest BCUT2D eigenvalue weighted by Crippen LogP contribution is -2.23. The summed E-state index contributed by atoms with van der Waals surface area (Å²) in [6.45, 7) is 0.553. The highest BCUT2D eigenvalue weighted by Gasteiger charge is 2.33. The molecule has 1 aliphatic heterocycles. The highest BCUT2D eigenvalue weighted by Crippen LogP contribution is 2.35. The van der Waals surface area contributed by atoms with Gasteiger partial charge in [0.05, 0.1) is 28.7 Å². The topological polar surface area (TPSA) is 108 Å². The quantitative estimate of drug-likeness (QED) is 0.498. The fraction of sp³-hybridized carbons (Fsp3) is 0.286. The fourth-order valence-electron chi connectivity index (χ4n) is 3.51. The lowest BCUT2D eigenvalue weighted by atomic mass is 10.1. The van der Waals surface area contributed by atoms with Gasteiger partial charge in [0, 0.05) is 42.7 Å². The Bertz CT molecular complexity index is 1110. The lowest BCUT2D eigenvalue weighted by molar-refractivity contribution is -0.274. The number of carbonyl (C=O) groups is 1. The number of amides is 1. The molecular weight excluding hydrogens is 461 g/mol. The molecule has 1 aromatic carbocycles. The number of anilines is 2. The highest BCUT2D eigenvalue weighted by molar-refractivity contribution is 7.13. The summed E-state index contributed by atoms with van der Waals surface area (Å²) in [7, 11) is 0. The average Bonchev–Trinajstić information content (AvgIpc) is 3.43. The van der Waals surface area contributed by atoms with Crippen molar-refractivity contribution in [2.45, 2.75) is 12.5 Å². The fourth-order valence-corrected chi connectivity index (χ4v) is 4.15. The van der Waals surface area contributed by atoms with Crippen LogP contribution in [0.15, 0.2) is 48.2 Å².